The summed E-state index contributed by atoms with van der Waals surface area (Å²) in [4.78, 5) is 38.1. The van der Waals surface area contributed by atoms with Gasteiger partial charge in [-0.1, -0.05) is 47.5 Å². The number of methoxy groups -OCH3 is 1. The number of ether oxygens (including phenoxy) is 1. The third kappa shape index (κ3) is 2.70. The molecule has 30 heavy (non-hydrogen) atoms. The number of hydrogen-bond acceptors (Lipinski definition) is 6. The number of carbonyl (C=O) groups excluding carboxylic acids is 3. The Labute approximate surface area is 181 Å². The van der Waals surface area contributed by atoms with Crippen LogP contribution in [0, 0.1) is 5.92 Å². The predicted octanol–water partition coefficient (Wildman–Crippen LogP) is 1.84. The third-order valence-electron chi connectivity index (χ3n) is 5.29. The van der Waals surface area contributed by atoms with Gasteiger partial charge in [-0.3, -0.25) is 19.7 Å². The van der Waals surface area contributed by atoms with Crippen molar-refractivity contribution in [3.63, 3.8) is 0 Å². The fraction of sp³-hybridized carbons (Fsp3) is 0.211. The van der Waals surface area contributed by atoms with Crippen LogP contribution >= 0.6 is 23.2 Å². The molecule has 2 aliphatic rings. The Morgan fingerprint density at radius 2 is 1.90 bits per heavy atom. The Balaban J connectivity index is 2.01. The van der Waals surface area contributed by atoms with E-state index in [-0.39, 0.29) is 22.0 Å². The van der Waals surface area contributed by atoms with E-state index >= 15 is 0 Å². The van der Waals surface area contributed by atoms with Crippen LogP contribution in [0.4, 0.5) is 0 Å². The number of esters is 1. The molecular weight excluding hydrogens is 455 g/mol. The van der Waals surface area contributed by atoms with E-state index in [1.165, 1.54) is 42.5 Å². The van der Waals surface area contributed by atoms with Gasteiger partial charge in [-0.15, -0.1) is 0 Å². The minimum Gasteiger partial charge on any atom is -0.468 e. The van der Waals surface area contributed by atoms with E-state index < -0.39 is 39.3 Å². The molecule has 0 saturated carbocycles. The number of sulfonamides is 1. The molecule has 156 valence electrons. The maximum atomic E-state index is 13.5. The van der Waals surface area contributed by atoms with Crippen molar-refractivity contribution in [1.82, 2.24) is 9.62 Å². The van der Waals surface area contributed by atoms with Gasteiger partial charge in [-0.25, -0.2) is 8.42 Å². The summed E-state index contributed by atoms with van der Waals surface area (Å²) in [5.74, 6) is -4.62. The lowest BCUT2D eigenvalue weighted by atomic mass is 9.79. The van der Waals surface area contributed by atoms with Crippen LogP contribution in [0.2, 0.25) is 10.0 Å². The third-order valence-corrected chi connectivity index (χ3v) is 7.78. The first-order valence-electron chi connectivity index (χ1n) is 8.65. The lowest BCUT2D eigenvalue weighted by Crippen LogP contribution is -2.54. The first-order chi connectivity index (χ1) is 14.1. The molecule has 2 amide bonds. The number of imide groups is 1. The molecule has 0 radical (unpaired) electrons. The highest BCUT2D eigenvalue weighted by Crippen LogP contribution is 2.52. The van der Waals surface area contributed by atoms with Crippen molar-refractivity contribution in [3.05, 3.63) is 63.6 Å². The van der Waals surface area contributed by atoms with Gasteiger partial charge < -0.3 is 4.74 Å². The van der Waals surface area contributed by atoms with Gasteiger partial charge in [0.2, 0.25) is 15.9 Å². The normalized spacial score (nSPS) is 24.7. The van der Waals surface area contributed by atoms with E-state index in [0.29, 0.717) is 10.6 Å². The summed E-state index contributed by atoms with van der Waals surface area (Å²) in [6.07, 6.45) is 0. The molecule has 2 aromatic carbocycles. The molecule has 8 nitrogen and oxygen atoms in total. The first kappa shape index (κ1) is 20.8. The molecule has 0 bridgehead atoms. The summed E-state index contributed by atoms with van der Waals surface area (Å²) in [6.45, 7) is -0.374. The fourth-order valence-corrected chi connectivity index (χ4v) is 6.43. The lowest BCUT2D eigenvalue weighted by Gasteiger charge is -2.34. The second-order valence-corrected chi connectivity index (χ2v) is 9.46. The van der Waals surface area contributed by atoms with Gasteiger partial charge in [0.05, 0.1) is 12.0 Å². The fourth-order valence-electron chi connectivity index (χ4n) is 3.99. The molecule has 2 aromatic rings. The molecule has 1 N–H and O–H groups in total. The molecule has 1 saturated heterocycles. The molecular formula is C19H14Cl2N2O6S. The Bertz CT molecular complexity index is 1220. The van der Waals surface area contributed by atoms with Gasteiger partial charge in [0.1, 0.15) is 0 Å². The van der Waals surface area contributed by atoms with Gasteiger partial charge in [0, 0.05) is 22.2 Å². The molecule has 11 heteroatoms. The number of fused-ring (bicyclic) bond motifs is 2. The zero-order valence-electron chi connectivity index (χ0n) is 15.4. The van der Waals surface area contributed by atoms with Crippen LogP contribution in [0.3, 0.4) is 0 Å². The maximum absolute atomic E-state index is 13.5. The second-order valence-electron chi connectivity index (χ2n) is 6.78. The average molecular weight is 469 g/mol. The Kier molecular flexibility index (Phi) is 4.89. The monoisotopic (exact) mass is 468 g/mol. The summed E-state index contributed by atoms with van der Waals surface area (Å²) in [7, 11) is -3.22. The highest BCUT2D eigenvalue weighted by atomic mass is 35.5. The van der Waals surface area contributed by atoms with Gasteiger partial charge in [0.15, 0.2) is 11.5 Å². The zero-order valence-corrected chi connectivity index (χ0v) is 17.7. The Morgan fingerprint density at radius 3 is 2.57 bits per heavy atom. The summed E-state index contributed by atoms with van der Waals surface area (Å²) in [5, 5.41) is 2.60. The molecule has 2 heterocycles. The molecule has 0 aliphatic carbocycles. The molecule has 4 rings (SSSR count). The summed E-state index contributed by atoms with van der Waals surface area (Å²) < 4.78 is 32.5. The van der Waals surface area contributed by atoms with Crippen LogP contribution in [0.25, 0.3) is 0 Å². The van der Waals surface area contributed by atoms with Crippen molar-refractivity contribution in [2.24, 2.45) is 5.92 Å². The van der Waals surface area contributed by atoms with Crippen LogP contribution in [0.15, 0.2) is 47.4 Å². The predicted molar refractivity (Wildman–Crippen MR) is 106 cm³/mol. The number of halogens is 2. The molecule has 2 unspecified atom stereocenters. The topological polar surface area (TPSA) is 110 Å². The lowest BCUT2D eigenvalue weighted by molar-refractivity contribution is -0.154. The van der Waals surface area contributed by atoms with E-state index in [9.17, 15) is 22.8 Å². The quantitative estimate of drug-likeness (QED) is 0.418. The largest absolute Gasteiger partial charge is 0.468 e. The van der Waals surface area contributed by atoms with Gasteiger partial charge in [-0.2, -0.15) is 4.31 Å². The van der Waals surface area contributed by atoms with Crippen molar-refractivity contribution in [3.8, 4) is 0 Å². The number of amides is 2. The second kappa shape index (κ2) is 7.05. The van der Waals surface area contributed by atoms with Crippen molar-refractivity contribution in [2.45, 2.75) is 17.0 Å². The molecule has 2 atom stereocenters. The van der Waals surface area contributed by atoms with Crippen molar-refractivity contribution < 1.29 is 27.5 Å². The van der Waals surface area contributed by atoms with E-state index in [0.717, 1.165) is 11.4 Å². The highest BCUT2D eigenvalue weighted by Gasteiger charge is 2.70. The van der Waals surface area contributed by atoms with E-state index in [1.54, 1.807) is 0 Å². The molecule has 1 fully saturated rings. The minimum absolute atomic E-state index is 0.0221. The Morgan fingerprint density at radius 1 is 1.20 bits per heavy atom. The first-order valence-corrected chi connectivity index (χ1v) is 10.8. The van der Waals surface area contributed by atoms with E-state index in [4.69, 9.17) is 27.9 Å². The summed E-state index contributed by atoms with van der Waals surface area (Å²) >= 11 is 12.2. The number of hydrogen-bond donors (Lipinski definition) is 1. The van der Waals surface area contributed by atoms with Crippen molar-refractivity contribution in [1.29, 1.82) is 0 Å². The van der Waals surface area contributed by atoms with Gasteiger partial charge in [-0.05, 0) is 23.8 Å². The summed E-state index contributed by atoms with van der Waals surface area (Å²) in [6, 6.07) is 10.2. The number of nitrogens with zero attached hydrogens (tertiary/aromatic N) is 1. The van der Waals surface area contributed by atoms with Crippen LogP contribution in [-0.2, 0) is 41.2 Å². The van der Waals surface area contributed by atoms with Crippen LogP contribution in [-0.4, -0.2) is 37.6 Å². The standard InChI is InChI=1S/C19H14Cl2N2O6S/c1-29-17(25)15-16(24)22-18(26)19(15)12-4-2-3-5-14(12)30(27,28)23(19)9-10-6-7-11(20)8-13(10)21/h2-8,15H,9H2,1H3,(H,22,24,26). The molecule has 1 spiro atoms. The van der Waals surface area contributed by atoms with Crippen LogP contribution in [0.1, 0.15) is 11.1 Å². The van der Waals surface area contributed by atoms with Crippen molar-refractivity contribution in [2.75, 3.05) is 7.11 Å². The maximum Gasteiger partial charge on any atom is 0.321 e. The van der Waals surface area contributed by atoms with Crippen LogP contribution < -0.4 is 5.32 Å². The molecule has 0 aromatic heterocycles. The summed E-state index contributed by atoms with van der Waals surface area (Å²) in [5.41, 5.74) is -1.77. The Hall–Kier alpha value is -2.46. The molecule has 2 aliphatic heterocycles. The van der Waals surface area contributed by atoms with Gasteiger partial charge in [0.25, 0.3) is 5.91 Å². The smallest absolute Gasteiger partial charge is 0.321 e. The van der Waals surface area contributed by atoms with Gasteiger partial charge >= 0.3 is 5.97 Å². The number of benzene rings is 2. The zero-order chi connectivity index (χ0) is 21.8. The highest BCUT2D eigenvalue weighted by molar-refractivity contribution is 7.89. The number of rotatable bonds is 3. The minimum atomic E-state index is -4.27. The number of carbonyl (C=O) groups is 3. The van der Waals surface area contributed by atoms with E-state index in [2.05, 4.69) is 5.32 Å². The van der Waals surface area contributed by atoms with E-state index in [1.807, 2.05) is 0 Å². The number of nitrogens with one attached hydrogen (secondary N) is 1. The SMILES string of the molecule is COC(=O)C1C(=O)NC(=O)C12c1ccccc1S(=O)(=O)N2Cc1ccc(Cl)cc1Cl. The average Bonchev–Trinajstić information content (AvgIpc) is 3.07. The van der Waals surface area contributed by atoms with Crippen LogP contribution in [0.5, 0.6) is 0 Å². The van der Waals surface area contributed by atoms with Crippen molar-refractivity contribution >= 4 is 51.0 Å².